The van der Waals surface area contributed by atoms with E-state index in [4.69, 9.17) is 10.5 Å². The van der Waals surface area contributed by atoms with Gasteiger partial charge in [-0.1, -0.05) is 19.1 Å². The lowest BCUT2D eigenvalue weighted by Crippen LogP contribution is -2.37. The Hall–Kier alpha value is -1.71. The molecule has 0 bridgehead atoms. The van der Waals surface area contributed by atoms with Crippen LogP contribution in [-0.4, -0.2) is 30.1 Å². The van der Waals surface area contributed by atoms with E-state index in [2.05, 4.69) is 35.0 Å². The van der Waals surface area contributed by atoms with Crippen LogP contribution in [0.1, 0.15) is 37.8 Å². The fourth-order valence-corrected chi connectivity index (χ4v) is 2.60. The van der Waals surface area contributed by atoms with Crippen molar-refractivity contribution in [3.63, 3.8) is 0 Å². The Morgan fingerprint density at radius 3 is 3.00 bits per heavy atom. The van der Waals surface area contributed by atoms with Crippen LogP contribution in [0.2, 0.25) is 0 Å². The van der Waals surface area contributed by atoms with Gasteiger partial charge in [-0.15, -0.1) is 0 Å². The monoisotopic (exact) mass is 259 g/mol. The van der Waals surface area contributed by atoms with Crippen molar-refractivity contribution in [3.05, 3.63) is 29.8 Å². The topological polar surface area (TPSA) is 50.9 Å². The first kappa shape index (κ1) is 12.3. The van der Waals surface area contributed by atoms with Crippen LogP contribution in [0.5, 0.6) is 5.75 Å². The van der Waals surface area contributed by atoms with E-state index in [0.717, 1.165) is 25.3 Å². The summed E-state index contributed by atoms with van der Waals surface area (Å²) in [5, 5.41) is 0. The zero-order chi connectivity index (χ0) is 13.2. The zero-order valence-electron chi connectivity index (χ0n) is 11.4. The Morgan fingerprint density at radius 2 is 2.26 bits per heavy atom. The smallest absolute Gasteiger partial charge is 0.192 e. The molecule has 0 aromatic heterocycles. The van der Waals surface area contributed by atoms with E-state index in [0.29, 0.717) is 12.0 Å². The SMILES string of the molecule is CCCOc1cccc(C2CN=C(N)N2C2CC2)c1. The molecule has 1 saturated carbocycles. The quantitative estimate of drug-likeness (QED) is 0.882. The van der Waals surface area contributed by atoms with Crippen LogP contribution in [0.3, 0.4) is 0 Å². The van der Waals surface area contributed by atoms with Crippen molar-refractivity contribution in [1.29, 1.82) is 0 Å². The van der Waals surface area contributed by atoms with Gasteiger partial charge in [-0.2, -0.15) is 0 Å². The summed E-state index contributed by atoms with van der Waals surface area (Å²) >= 11 is 0. The number of guanidine groups is 1. The highest BCUT2D eigenvalue weighted by molar-refractivity contribution is 5.81. The van der Waals surface area contributed by atoms with Crippen LogP contribution in [0.25, 0.3) is 0 Å². The van der Waals surface area contributed by atoms with Gasteiger partial charge in [-0.25, -0.2) is 0 Å². The van der Waals surface area contributed by atoms with Crippen LogP contribution < -0.4 is 10.5 Å². The summed E-state index contributed by atoms with van der Waals surface area (Å²) in [5.74, 6) is 1.65. The second kappa shape index (κ2) is 5.11. The minimum Gasteiger partial charge on any atom is -0.494 e. The van der Waals surface area contributed by atoms with Crippen molar-refractivity contribution < 1.29 is 4.74 Å². The summed E-state index contributed by atoms with van der Waals surface area (Å²) < 4.78 is 5.71. The summed E-state index contributed by atoms with van der Waals surface area (Å²) in [6.45, 7) is 3.64. The van der Waals surface area contributed by atoms with Gasteiger partial charge in [0.2, 0.25) is 0 Å². The Morgan fingerprint density at radius 1 is 1.42 bits per heavy atom. The molecule has 1 aliphatic carbocycles. The van der Waals surface area contributed by atoms with Gasteiger partial charge < -0.3 is 15.4 Å². The average Bonchev–Trinajstić information content (AvgIpc) is 3.19. The summed E-state index contributed by atoms with van der Waals surface area (Å²) in [7, 11) is 0. The largest absolute Gasteiger partial charge is 0.494 e. The molecule has 2 aliphatic rings. The van der Waals surface area contributed by atoms with Gasteiger partial charge in [0, 0.05) is 6.04 Å². The normalized spacial score (nSPS) is 22.5. The maximum atomic E-state index is 6.01. The number of hydrogen-bond donors (Lipinski definition) is 1. The van der Waals surface area contributed by atoms with Crippen molar-refractivity contribution in [2.24, 2.45) is 10.7 Å². The number of nitrogens with zero attached hydrogens (tertiary/aromatic N) is 2. The molecule has 0 saturated heterocycles. The molecular formula is C15H21N3O. The standard InChI is InChI=1S/C15H21N3O/c1-2-8-19-13-5-3-4-11(9-13)14-10-17-15(16)18(14)12-6-7-12/h3-5,9,12,14H,2,6-8,10H2,1H3,(H2,16,17). The lowest BCUT2D eigenvalue weighted by molar-refractivity contribution is 0.312. The molecule has 1 atom stereocenters. The first-order valence-electron chi connectivity index (χ1n) is 7.10. The molecule has 1 aliphatic heterocycles. The maximum Gasteiger partial charge on any atom is 0.192 e. The molecule has 4 heteroatoms. The third-order valence-corrected chi connectivity index (χ3v) is 3.68. The third-order valence-electron chi connectivity index (χ3n) is 3.68. The van der Waals surface area contributed by atoms with Gasteiger partial charge in [0.05, 0.1) is 19.2 Å². The molecule has 19 heavy (non-hydrogen) atoms. The van der Waals surface area contributed by atoms with Crippen LogP contribution in [0, 0.1) is 0 Å². The van der Waals surface area contributed by atoms with Crippen molar-refractivity contribution in [1.82, 2.24) is 4.90 Å². The molecule has 2 N–H and O–H groups in total. The lowest BCUT2D eigenvalue weighted by atomic mass is 10.1. The van der Waals surface area contributed by atoms with Crippen molar-refractivity contribution in [2.45, 2.75) is 38.3 Å². The Balaban J connectivity index is 1.78. The molecule has 1 heterocycles. The third kappa shape index (κ3) is 2.53. The number of rotatable bonds is 5. The molecular weight excluding hydrogens is 238 g/mol. The zero-order valence-corrected chi connectivity index (χ0v) is 11.4. The summed E-state index contributed by atoms with van der Waals surface area (Å²) in [6.07, 6.45) is 3.50. The van der Waals surface area contributed by atoms with Crippen LogP contribution in [0.15, 0.2) is 29.3 Å². The molecule has 0 amide bonds. The lowest BCUT2D eigenvalue weighted by Gasteiger charge is -2.26. The Bertz CT molecular complexity index is 482. The van der Waals surface area contributed by atoms with E-state index in [9.17, 15) is 0 Å². The first-order valence-corrected chi connectivity index (χ1v) is 7.10. The first-order chi connectivity index (χ1) is 9.29. The van der Waals surface area contributed by atoms with Crippen LogP contribution >= 0.6 is 0 Å². The number of hydrogen-bond acceptors (Lipinski definition) is 4. The number of aliphatic imine (C=N–C) groups is 1. The molecule has 3 rings (SSSR count). The van der Waals surface area contributed by atoms with E-state index in [1.54, 1.807) is 0 Å². The predicted octanol–water partition coefficient (Wildman–Crippen LogP) is 2.31. The highest BCUT2D eigenvalue weighted by atomic mass is 16.5. The highest BCUT2D eigenvalue weighted by Crippen LogP contribution is 2.37. The average molecular weight is 259 g/mol. The number of benzene rings is 1. The molecule has 1 fully saturated rings. The van der Waals surface area contributed by atoms with Gasteiger partial charge >= 0.3 is 0 Å². The predicted molar refractivity (Wildman–Crippen MR) is 76.3 cm³/mol. The number of nitrogens with two attached hydrogens (primary N) is 1. The second-order valence-electron chi connectivity index (χ2n) is 5.27. The van der Waals surface area contributed by atoms with Crippen molar-refractivity contribution in [3.8, 4) is 5.75 Å². The van der Waals surface area contributed by atoms with E-state index >= 15 is 0 Å². The second-order valence-corrected chi connectivity index (χ2v) is 5.27. The van der Waals surface area contributed by atoms with Gasteiger partial charge in [-0.05, 0) is 37.0 Å². The Labute approximate surface area is 114 Å². The molecule has 0 spiro atoms. The number of ether oxygens (including phenoxy) is 1. The van der Waals surface area contributed by atoms with Crippen LogP contribution in [0.4, 0.5) is 0 Å². The fraction of sp³-hybridized carbons (Fsp3) is 0.533. The van der Waals surface area contributed by atoms with Crippen LogP contribution in [-0.2, 0) is 0 Å². The minimum atomic E-state index is 0.290. The molecule has 0 radical (unpaired) electrons. The van der Waals surface area contributed by atoms with E-state index in [-0.39, 0.29) is 6.04 Å². The Kier molecular flexibility index (Phi) is 3.32. The van der Waals surface area contributed by atoms with Gasteiger partial charge in [-0.3, -0.25) is 4.99 Å². The van der Waals surface area contributed by atoms with E-state index < -0.39 is 0 Å². The van der Waals surface area contributed by atoms with Gasteiger partial charge in [0.15, 0.2) is 5.96 Å². The van der Waals surface area contributed by atoms with Gasteiger partial charge in [0.1, 0.15) is 5.75 Å². The molecule has 1 unspecified atom stereocenters. The maximum absolute atomic E-state index is 6.01. The molecule has 102 valence electrons. The van der Waals surface area contributed by atoms with Crippen molar-refractivity contribution in [2.75, 3.05) is 13.2 Å². The van der Waals surface area contributed by atoms with E-state index in [1.807, 2.05) is 6.07 Å². The highest BCUT2D eigenvalue weighted by Gasteiger charge is 2.38. The van der Waals surface area contributed by atoms with E-state index in [1.165, 1.54) is 18.4 Å². The summed E-state index contributed by atoms with van der Waals surface area (Å²) in [4.78, 5) is 6.68. The van der Waals surface area contributed by atoms with Crippen molar-refractivity contribution >= 4 is 5.96 Å². The summed E-state index contributed by atoms with van der Waals surface area (Å²) in [5.41, 5.74) is 7.26. The molecule has 4 nitrogen and oxygen atoms in total. The molecule has 1 aromatic rings. The van der Waals surface area contributed by atoms with Gasteiger partial charge in [0.25, 0.3) is 0 Å². The summed E-state index contributed by atoms with van der Waals surface area (Å²) in [6, 6.07) is 9.23. The molecule has 1 aromatic carbocycles. The minimum absolute atomic E-state index is 0.290. The fourth-order valence-electron chi connectivity index (χ4n) is 2.60.